The minimum atomic E-state index is -0.155. The normalized spacial score (nSPS) is 11.0. The Labute approximate surface area is 141 Å². The van der Waals surface area contributed by atoms with Crippen LogP contribution in [0.3, 0.4) is 0 Å². The maximum atomic E-state index is 12.4. The number of benzene rings is 1. The van der Waals surface area contributed by atoms with Gasteiger partial charge in [0.25, 0.3) is 5.56 Å². The number of aryl methyl sites for hydroxylation is 3. The van der Waals surface area contributed by atoms with E-state index in [1.165, 1.54) is 0 Å². The molecule has 0 unspecified atom stereocenters. The summed E-state index contributed by atoms with van der Waals surface area (Å²) in [6, 6.07) is 9.76. The Morgan fingerprint density at radius 3 is 2.42 bits per heavy atom. The Morgan fingerprint density at radius 1 is 1.00 bits per heavy atom. The van der Waals surface area contributed by atoms with Gasteiger partial charge in [-0.15, -0.1) is 0 Å². The average Bonchev–Trinajstić information content (AvgIpc) is 2.96. The van der Waals surface area contributed by atoms with Gasteiger partial charge in [0.2, 0.25) is 0 Å². The Balaban J connectivity index is 1.88. The van der Waals surface area contributed by atoms with Crippen LogP contribution in [-0.4, -0.2) is 19.1 Å². The van der Waals surface area contributed by atoms with E-state index in [1.807, 2.05) is 63.5 Å². The van der Waals surface area contributed by atoms with Gasteiger partial charge >= 0.3 is 0 Å². The molecule has 2 heterocycles. The quantitative estimate of drug-likeness (QED) is 0.725. The van der Waals surface area contributed by atoms with E-state index in [-0.39, 0.29) is 5.56 Å². The lowest BCUT2D eigenvalue weighted by Gasteiger charge is -2.17. The monoisotopic (exact) mass is 322 g/mol. The largest absolute Gasteiger partial charge is 0.335 e. The molecule has 24 heavy (non-hydrogen) atoms. The van der Waals surface area contributed by atoms with Crippen LogP contribution in [0.1, 0.15) is 23.8 Å². The van der Waals surface area contributed by atoms with Gasteiger partial charge in [-0.05, 0) is 32.8 Å². The van der Waals surface area contributed by atoms with E-state index in [1.54, 1.807) is 0 Å². The molecule has 0 spiro atoms. The molecule has 0 saturated carbocycles. The van der Waals surface area contributed by atoms with Crippen molar-refractivity contribution in [1.82, 2.24) is 19.1 Å². The molecule has 0 radical (unpaired) electrons. The lowest BCUT2D eigenvalue weighted by atomic mass is 10.1. The van der Waals surface area contributed by atoms with Crippen molar-refractivity contribution in [3.63, 3.8) is 0 Å². The van der Waals surface area contributed by atoms with Gasteiger partial charge in [-0.25, -0.2) is 4.98 Å². The van der Waals surface area contributed by atoms with Gasteiger partial charge < -0.3 is 9.13 Å². The summed E-state index contributed by atoms with van der Waals surface area (Å²) in [7, 11) is 0. The van der Waals surface area contributed by atoms with E-state index in [2.05, 4.69) is 19.1 Å². The van der Waals surface area contributed by atoms with E-state index >= 15 is 0 Å². The summed E-state index contributed by atoms with van der Waals surface area (Å²) in [6.07, 6.45) is 4.77. The topological polar surface area (TPSA) is 52.7 Å². The summed E-state index contributed by atoms with van der Waals surface area (Å²) in [5.41, 5.74) is 2.44. The van der Waals surface area contributed by atoms with Gasteiger partial charge in [-0.3, -0.25) is 4.79 Å². The van der Waals surface area contributed by atoms with Crippen LogP contribution >= 0.6 is 0 Å². The molecule has 3 aromatic rings. The molecular formula is C19H22N4O. The Morgan fingerprint density at radius 2 is 1.75 bits per heavy atom. The summed E-state index contributed by atoms with van der Waals surface area (Å²) in [6.45, 7) is 7.62. The zero-order valence-electron chi connectivity index (χ0n) is 14.4. The highest BCUT2D eigenvalue weighted by atomic mass is 16.1. The van der Waals surface area contributed by atoms with Gasteiger partial charge in [-0.2, -0.15) is 4.98 Å². The molecule has 0 bridgehead atoms. The lowest BCUT2D eigenvalue weighted by Crippen LogP contribution is -2.21. The van der Waals surface area contributed by atoms with Crippen LogP contribution in [0, 0.1) is 20.8 Å². The van der Waals surface area contributed by atoms with Crippen LogP contribution in [0.15, 0.2) is 47.5 Å². The molecule has 0 aliphatic heterocycles. The molecular weight excluding hydrogens is 300 g/mol. The van der Waals surface area contributed by atoms with Crippen molar-refractivity contribution in [2.45, 2.75) is 40.3 Å². The number of hydrogen-bond donors (Lipinski definition) is 0. The minimum Gasteiger partial charge on any atom is -0.335 e. The second-order valence-corrected chi connectivity index (χ2v) is 5.96. The maximum Gasteiger partial charge on any atom is 0.281 e. The first-order valence-electron chi connectivity index (χ1n) is 8.19. The molecule has 0 fully saturated rings. The highest BCUT2D eigenvalue weighted by Crippen LogP contribution is 2.19. The molecule has 124 valence electrons. The van der Waals surface area contributed by atoms with Crippen molar-refractivity contribution in [1.29, 1.82) is 0 Å². The minimum absolute atomic E-state index is 0.155. The molecule has 2 aromatic heterocycles. The summed E-state index contributed by atoms with van der Waals surface area (Å²) in [5.74, 6) is 1.78. The third-order valence-electron chi connectivity index (χ3n) is 4.40. The molecule has 0 atom stereocenters. The van der Waals surface area contributed by atoms with E-state index in [0.29, 0.717) is 5.56 Å². The Bertz CT molecular complexity index is 893. The number of aromatic nitrogens is 4. The fourth-order valence-electron chi connectivity index (χ4n) is 3.10. The molecule has 5 nitrogen and oxygen atoms in total. The van der Waals surface area contributed by atoms with Crippen LogP contribution in [0.25, 0.3) is 11.1 Å². The average molecular weight is 322 g/mol. The third kappa shape index (κ3) is 3.15. The van der Waals surface area contributed by atoms with Crippen LogP contribution in [0.4, 0.5) is 0 Å². The highest BCUT2D eigenvalue weighted by Gasteiger charge is 2.13. The van der Waals surface area contributed by atoms with Crippen molar-refractivity contribution in [2.24, 2.45) is 0 Å². The van der Waals surface area contributed by atoms with Gasteiger partial charge in [0.15, 0.2) is 0 Å². The predicted octanol–water partition coefficient (Wildman–Crippen LogP) is 3.12. The summed E-state index contributed by atoms with van der Waals surface area (Å²) >= 11 is 0. The van der Waals surface area contributed by atoms with Crippen molar-refractivity contribution in [2.75, 3.05) is 0 Å². The SMILES string of the molecule is Cc1nccn1CCCn1c(C)nc(=O)c(-c2ccccc2)c1C. The zero-order valence-corrected chi connectivity index (χ0v) is 14.4. The molecule has 0 aliphatic carbocycles. The van der Waals surface area contributed by atoms with Gasteiger partial charge in [0.1, 0.15) is 11.6 Å². The van der Waals surface area contributed by atoms with Crippen LogP contribution < -0.4 is 5.56 Å². The van der Waals surface area contributed by atoms with Crippen molar-refractivity contribution < 1.29 is 0 Å². The molecule has 0 aliphatic rings. The molecule has 0 N–H and O–H groups in total. The number of imidazole rings is 1. The van der Waals surface area contributed by atoms with Crippen LogP contribution in [0.5, 0.6) is 0 Å². The van der Waals surface area contributed by atoms with Crippen molar-refractivity contribution in [3.8, 4) is 11.1 Å². The second kappa shape index (κ2) is 6.83. The first kappa shape index (κ1) is 16.2. The predicted molar refractivity (Wildman–Crippen MR) is 95.0 cm³/mol. The first-order valence-corrected chi connectivity index (χ1v) is 8.19. The molecule has 0 saturated heterocycles. The lowest BCUT2D eigenvalue weighted by molar-refractivity contribution is 0.531. The second-order valence-electron chi connectivity index (χ2n) is 5.96. The van der Waals surface area contributed by atoms with Crippen LogP contribution in [-0.2, 0) is 13.1 Å². The van der Waals surface area contributed by atoms with E-state index < -0.39 is 0 Å². The Kier molecular flexibility index (Phi) is 4.60. The molecule has 0 amide bonds. The van der Waals surface area contributed by atoms with Gasteiger partial charge in [0, 0.05) is 31.2 Å². The smallest absolute Gasteiger partial charge is 0.281 e. The summed E-state index contributed by atoms with van der Waals surface area (Å²) in [5, 5.41) is 0. The number of hydrogen-bond acceptors (Lipinski definition) is 3. The number of rotatable bonds is 5. The summed E-state index contributed by atoms with van der Waals surface area (Å²) < 4.78 is 4.27. The fraction of sp³-hybridized carbons (Fsp3) is 0.316. The maximum absolute atomic E-state index is 12.4. The first-order chi connectivity index (χ1) is 11.6. The van der Waals surface area contributed by atoms with Crippen molar-refractivity contribution >= 4 is 0 Å². The van der Waals surface area contributed by atoms with E-state index in [0.717, 1.165) is 42.4 Å². The molecule has 3 rings (SSSR count). The van der Waals surface area contributed by atoms with E-state index in [4.69, 9.17) is 0 Å². The summed E-state index contributed by atoms with van der Waals surface area (Å²) in [4.78, 5) is 20.9. The highest BCUT2D eigenvalue weighted by molar-refractivity contribution is 5.64. The van der Waals surface area contributed by atoms with E-state index in [9.17, 15) is 4.79 Å². The molecule has 5 heteroatoms. The Hall–Kier alpha value is -2.69. The number of nitrogens with zero attached hydrogens (tertiary/aromatic N) is 4. The van der Waals surface area contributed by atoms with Gasteiger partial charge in [-0.1, -0.05) is 30.3 Å². The zero-order chi connectivity index (χ0) is 17.1. The fourth-order valence-corrected chi connectivity index (χ4v) is 3.10. The standard InChI is InChI=1S/C19H22N4O/c1-14-18(17-8-5-4-6-9-17)19(24)21-16(3)23(14)12-7-11-22-13-10-20-15(22)2/h4-6,8-10,13H,7,11-12H2,1-3H3. The van der Waals surface area contributed by atoms with Crippen molar-refractivity contribution in [3.05, 3.63) is 70.4 Å². The van der Waals surface area contributed by atoms with Gasteiger partial charge in [0.05, 0.1) is 5.56 Å². The third-order valence-corrected chi connectivity index (χ3v) is 4.40. The molecule has 1 aromatic carbocycles. The van der Waals surface area contributed by atoms with Crippen LogP contribution in [0.2, 0.25) is 0 Å².